The molecule has 0 aliphatic carbocycles. The molecule has 0 bridgehead atoms. The summed E-state index contributed by atoms with van der Waals surface area (Å²) in [6.45, 7) is 2.53. The highest BCUT2D eigenvalue weighted by Gasteiger charge is 2.00. The number of ether oxygens (including phenoxy) is 1. The number of pyridine rings is 1. The van der Waals surface area contributed by atoms with E-state index in [1.807, 2.05) is 19.1 Å². The second kappa shape index (κ2) is 6.22. The summed E-state index contributed by atoms with van der Waals surface area (Å²) < 4.78 is 5.71. The Kier molecular flexibility index (Phi) is 5.22. The lowest BCUT2D eigenvalue weighted by atomic mass is 10.3. The summed E-state index contributed by atoms with van der Waals surface area (Å²) in [7, 11) is 0. The first-order valence-electron chi connectivity index (χ1n) is 4.12. The van der Waals surface area contributed by atoms with Gasteiger partial charge in [-0.05, 0) is 36.8 Å². The van der Waals surface area contributed by atoms with Crippen LogP contribution in [0.25, 0.3) is 0 Å². The highest BCUT2D eigenvalue weighted by molar-refractivity contribution is 8.22. The van der Waals surface area contributed by atoms with E-state index >= 15 is 0 Å². The Morgan fingerprint density at radius 1 is 1.71 bits per heavy atom. The van der Waals surface area contributed by atoms with E-state index < -0.39 is 0 Å². The largest absolute Gasteiger partial charge is 0.479 e. The predicted molar refractivity (Wildman–Crippen MR) is 64.8 cm³/mol. The first kappa shape index (κ1) is 11.8. The first-order chi connectivity index (χ1) is 6.72. The van der Waals surface area contributed by atoms with Crippen LogP contribution in [0.4, 0.5) is 0 Å². The minimum Gasteiger partial charge on any atom is -0.479 e. The average Bonchev–Trinajstić information content (AvgIpc) is 2.15. The fourth-order valence-electron chi connectivity index (χ4n) is 0.834. The zero-order valence-corrected chi connectivity index (χ0v) is 10.1. The Hall–Kier alpha value is -0.320. The number of hydrogen-bond acceptors (Lipinski definition) is 4. The molecule has 14 heavy (non-hydrogen) atoms. The summed E-state index contributed by atoms with van der Waals surface area (Å²) in [5, 5.41) is 0.505. The van der Waals surface area contributed by atoms with Crippen molar-refractivity contribution in [2.75, 3.05) is 6.61 Å². The molecule has 0 amide bonds. The topological polar surface area (TPSA) is 22.1 Å². The Labute approximate surface area is 98.0 Å². The molecule has 0 saturated heterocycles. The molecular weight excluding hydrogens is 238 g/mol. The average molecular weight is 248 g/mol. The summed E-state index contributed by atoms with van der Waals surface area (Å²) in [5.74, 6) is 0.765. The smallest absolute Gasteiger partial charge is 0.220 e. The lowest BCUT2D eigenvalue weighted by Crippen LogP contribution is -1.96. The SMILES string of the molecule is CCOC(=S)SCc1ccnc(Cl)c1. The van der Waals surface area contributed by atoms with Crippen molar-refractivity contribution in [1.29, 1.82) is 0 Å². The summed E-state index contributed by atoms with van der Waals surface area (Å²) in [6.07, 6.45) is 1.68. The van der Waals surface area contributed by atoms with E-state index in [9.17, 15) is 0 Å². The van der Waals surface area contributed by atoms with Gasteiger partial charge in [0.1, 0.15) is 5.15 Å². The molecule has 1 heterocycles. The Morgan fingerprint density at radius 2 is 2.50 bits per heavy atom. The van der Waals surface area contributed by atoms with Crippen molar-refractivity contribution in [3.05, 3.63) is 29.0 Å². The molecule has 1 aromatic rings. The third-order valence-corrected chi connectivity index (χ3v) is 2.92. The molecule has 0 aliphatic heterocycles. The number of thioether (sulfide) groups is 1. The normalized spacial score (nSPS) is 9.86. The summed E-state index contributed by atoms with van der Waals surface area (Å²) >= 11 is 12.2. The van der Waals surface area contributed by atoms with Gasteiger partial charge in [0.05, 0.1) is 6.61 Å². The monoisotopic (exact) mass is 247 g/mol. The van der Waals surface area contributed by atoms with E-state index in [0.717, 1.165) is 11.3 Å². The zero-order valence-electron chi connectivity index (χ0n) is 7.70. The molecule has 0 fully saturated rings. The van der Waals surface area contributed by atoms with E-state index in [2.05, 4.69) is 4.98 Å². The van der Waals surface area contributed by atoms with Crippen LogP contribution in [0.5, 0.6) is 0 Å². The molecular formula is C9H10ClNOS2. The van der Waals surface area contributed by atoms with Crippen molar-refractivity contribution in [3.63, 3.8) is 0 Å². The molecule has 76 valence electrons. The zero-order chi connectivity index (χ0) is 10.4. The van der Waals surface area contributed by atoms with Crippen molar-refractivity contribution >= 4 is 40.0 Å². The minimum atomic E-state index is 0.505. The Bertz CT molecular complexity index is 319. The second-order valence-electron chi connectivity index (χ2n) is 2.46. The minimum absolute atomic E-state index is 0.505. The van der Waals surface area contributed by atoms with Crippen LogP contribution in [-0.2, 0) is 10.5 Å². The molecule has 0 aliphatic rings. The van der Waals surface area contributed by atoms with Gasteiger partial charge in [-0.2, -0.15) is 0 Å². The van der Waals surface area contributed by atoms with E-state index in [4.69, 9.17) is 28.6 Å². The van der Waals surface area contributed by atoms with Crippen molar-refractivity contribution in [3.8, 4) is 0 Å². The van der Waals surface area contributed by atoms with Crippen LogP contribution in [-0.4, -0.2) is 16.0 Å². The predicted octanol–water partition coefficient (Wildman–Crippen LogP) is 3.29. The van der Waals surface area contributed by atoms with Gasteiger partial charge in [-0.25, -0.2) is 4.98 Å². The highest BCUT2D eigenvalue weighted by atomic mass is 35.5. The van der Waals surface area contributed by atoms with Crippen LogP contribution in [0.1, 0.15) is 12.5 Å². The van der Waals surface area contributed by atoms with E-state index in [0.29, 0.717) is 16.1 Å². The van der Waals surface area contributed by atoms with Crippen molar-refractivity contribution in [1.82, 2.24) is 4.98 Å². The van der Waals surface area contributed by atoms with Gasteiger partial charge in [0.25, 0.3) is 0 Å². The van der Waals surface area contributed by atoms with Crippen molar-refractivity contribution in [2.45, 2.75) is 12.7 Å². The Balaban J connectivity index is 2.41. The van der Waals surface area contributed by atoms with Crippen LogP contribution in [0.2, 0.25) is 5.15 Å². The van der Waals surface area contributed by atoms with Crippen molar-refractivity contribution < 1.29 is 4.74 Å². The summed E-state index contributed by atoms with van der Waals surface area (Å²) in [4.78, 5) is 3.90. The lowest BCUT2D eigenvalue weighted by Gasteiger charge is -2.03. The van der Waals surface area contributed by atoms with Crippen molar-refractivity contribution in [2.24, 2.45) is 0 Å². The molecule has 0 radical (unpaired) electrons. The molecule has 0 aromatic carbocycles. The molecule has 5 heteroatoms. The van der Waals surface area contributed by atoms with E-state index in [1.54, 1.807) is 6.20 Å². The van der Waals surface area contributed by atoms with Crippen LogP contribution < -0.4 is 0 Å². The molecule has 1 rings (SSSR count). The molecule has 2 nitrogen and oxygen atoms in total. The molecule has 0 N–H and O–H groups in total. The van der Waals surface area contributed by atoms with E-state index in [1.165, 1.54) is 11.8 Å². The van der Waals surface area contributed by atoms with Crippen LogP contribution in [0.3, 0.4) is 0 Å². The number of halogens is 1. The van der Waals surface area contributed by atoms with Gasteiger partial charge in [0.15, 0.2) is 0 Å². The Morgan fingerprint density at radius 3 is 3.14 bits per heavy atom. The van der Waals surface area contributed by atoms with Gasteiger partial charge in [0, 0.05) is 11.9 Å². The third-order valence-electron chi connectivity index (χ3n) is 1.41. The van der Waals surface area contributed by atoms with Crippen LogP contribution in [0.15, 0.2) is 18.3 Å². The second-order valence-corrected chi connectivity index (χ2v) is 4.42. The number of rotatable bonds is 3. The molecule has 0 unspecified atom stereocenters. The maximum atomic E-state index is 5.74. The summed E-state index contributed by atoms with van der Waals surface area (Å²) in [6, 6.07) is 3.73. The quantitative estimate of drug-likeness (QED) is 0.604. The lowest BCUT2D eigenvalue weighted by molar-refractivity contribution is 0.346. The van der Waals surface area contributed by atoms with Gasteiger partial charge in [0.2, 0.25) is 4.38 Å². The number of thiocarbonyl (C=S) groups is 1. The maximum Gasteiger partial charge on any atom is 0.220 e. The molecule has 0 spiro atoms. The van der Waals surface area contributed by atoms with Crippen LogP contribution in [0, 0.1) is 0 Å². The molecule has 0 atom stereocenters. The third kappa shape index (κ3) is 4.26. The number of nitrogens with zero attached hydrogens (tertiary/aromatic N) is 1. The van der Waals surface area contributed by atoms with Gasteiger partial charge in [-0.15, -0.1) is 0 Å². The number of hydrogen-bond donors (Lipinski definition) is 0. The highest BCUT2D eigenvalue weighted by Crippen LogP contribution is 2.16. The summed E-state index contributed by atoms with van der Waals surface area (Å²) in [5.41, 5.74) is 1.09. The van der Waals surface area contributed by atoms with Gasteiger partial charge in [-0.1, -0.05) is 23.4 Å². The van der Waals surface area contributed by atoms with Crippen LogP contribution >= 0.6 is 35.6 Å². The fourth-order valence-corrected chi connectivity index (χ4v) is 1.99. The molecule has 1 aromatic heterocycles. The number of aromatic nitrogens is 1. The van der Waals surface area contributed by atoms with E-state index in [-0.39, 0.29) is 0 Å². The standard InChI is InChI=1S/C9H10ClNOS2/c1-2-12-9(13)14-6-7-3-4-11-8(10)5-7/h3-5H,2,6H2,1H3. The fraction of sp³-hybridized carbons (Fsp3) is 0.333. The van der Waals surface area contributed by atoms with Gasteiger partial charge < -0.3 is 4.74 Å². The van der Waals surface area contributed by atoms with Gasteiger partial charge >= 0.3 is 0 Å². The first-order valence-corrected chi connectivity index (χ1v) is 5.89. The molecule has 0 saturated carbocycles. The van der Waals surface area contributed by atoms with Gasteiger partial charge in [-0.3, -0.25) is 0 Å². The maximum absolute atomic E-state index is 5.74.